The molecule has 0 spiro atoms. The van der Waals surface area contributed by atoms with Gasteiger partial charge in [0, 0.05) is 21.9 Å². The van der Waals surface area contributed by atoms with Crippen LogP contribution < -0.4 is 5.32 Å². The van der Waals surface area contributed by atoms with Gasteiger partial charge in [-0.05, 0) is 40.5 Å². The Morgan fingerprint density at radius 2 is 2.28 bits per heavy atom. The first-order valence-electron chi connectivity index (χ1n) is 5.39. The second-order valence-electron chi connectivity index (χ2n) is 3.73. The maximum absolute atomic E-state index is 12.1. The minimum Gasteiger partial charge on any atom is -0.383 e. The topological polar surface area (TPSA) is 38.3 Å². The number of amides is 1. The maximum Gasteiger partial charge on any atom is 0.252 e. The van der Waals surface area contributed by atoms with Crippen LogP contribution in [0.3, 0.4) is 0 Å². The Hall–Kier alpha value is -0.100. The van der Waals surface area contributed by atoms with Gasteiger partial charge >= 0.3 is 0 Å². The molecule has 1 N–H and O–H groups in total. The predicted octanol–water partition coefficient (Wildman–Crippen LogP) is 3.63. The fourth-order valence-corrected chi connectivity index (χ4v) is 2.62. The largest absolute Gasteiger partial charge is 0.383 e. The van der Waals surface area contributed by atoms with Crippen LogP contribution in [0.2, 0.25) is 5.02 Å². The van der Waals surface area contributed by atoms with Gasteiger partial charge < -0.3 is 10.1 Å². The Labute approximate surface area is 128 Å². The molecule has 0 radical (unpaired) electrons. The number of carbonyl (C=O) groups is 1. The van der Waals surface area contributed by atoms with Crippen molar-refractivity contribution in [2.45, 2.75) is 12.5 Å². The number of methoxy groups -OCH3 is 1. The van der Waals surface area contributed by atoms with E-state index in [1.807, 2.05) is 0 Å². The number of alkyl halides is 1. The van der Waals surface area contributed by atoms with E-state index in [0.717, 1.165) is 16.2 Å². The first-order valence-corrected chi connectivity index (χ1v) is 7.68. The highest BCUT2D eigenvalue weighted by Gasteiger charge is 2.15. The first kappa shape index (κ1) is 16.0. The van der Waals surface area contributed by atoms with Gasteiger partial charge in [0.2, 0.25) is 0 Å². The molecule has 1 unspecified atom stereocenters. The monoisotopic (exact) mass is 397 g/mol. The van der Waals surface area contributed by atoms with E-state index in [9.17, 15) is 4.79 Å². The number of carbonyl (C=O) groups excluding carboxylic acids is 1. The Morgan fingerprint density at radius 1 is 1.56 bits per heavy atom. The molecular weight excluding hydrogens is 385 g/mol. The van der Waals surface area contributed by atoms with Crippen molar-refractivity contribution in [1.29, 1.82) is 0 Å². The third kappa shape index (κ3) is 4.88. The van der Waals surface area contributed by atoms with Crippen molar-refractivity contribution in [2.75, 3.05) is 19.0 Å². The molecule has 3 nitrogen and oxygen atoms in total. The van der Waals surface area contributed by atoms with Crippen molar-refractivity contribution >= 4 is 49.4 Å². The Balaban J connectivity index is 2.76. The summed E-state index contributed by atoms with van der Waals surface area (Å²) in [4.78, 5) is 12.1. The minimum absolute atomic E-state index is 0.0206. The van der Waals surface area contributed by atoms with E-state index in [2.05, 4.69) is 37.2 Å². The van der Waals surface area contributed by atoms with Crippen molar-refractivity contribution in [2.24, 2.45) is 0 Å². The van der Waals surface area contributed by atoms with Crippen molar-refractivity contribution in [3.05, 3.63) is 33.3 Å². The molecule has 0 aliphatic heterocycles. The van der Waals surface area contributed by atoms with Gasteiger partial charge in [0.1, 0.15) is 0 Å². The lowest BCUT2D eigenvalue weighted by molar-refractivity contribution is 0.0894. The number of benzene rings is 1. The maximum atomic E-state index is 12.1. The van der Waals surface area contributed by atoms with Crippen molar-refractivity contribution in [3.63, 3.8) is 0 Å². The smallest absolute Gasteiger partial charge is 0.252 e. The molecular formula is C12H14Br2ClNO2. The fraction of sp³-hybridized carbons (Fsp3) is 0.417. The van der Waals surface area contributed by atoms with Crippen LogP contribution >= 0.6 is 43.5 Å². The second kappa shape index (κ2) is 8.15. The molecule has 0 fully saturated rings. The lowest BCUT2D eigenvalue weighted by atomic mass is 10.2. The Morgan fingerprint density at radius 3 is 2.89 bits per heavy atom. The van der Waals surface area contributed by atoms with E-state index in [1.54, 1.807) is 25.3 Å². The van der Waals surface area contributed by atoms with E-state index in [4.69, 9.17) is 16.3 Å². The molecule has 0 aliphatic carbocycles. The van der Waals surface area contributed by atoms with Crippen LogP contribution in [0, 0.1) is 0 Å². The van der Waals surface area contributed by atoms with Crippen molar-refractivity contribution < 1.29 is 9.53 Å². The summed E-state index contributed by atoms with van der Waals surface area (Å²) >= 11 is 12.6. The van der Waals surface area contributed by atoms with Crippen molar-refractivity contribution in [1.82, 2.24) is 5.32 Å². The van der Waals surface area contributed by atoms with E-state index in [0.29, 0.717) is 17.2 Å². The molecule has 0 saturated heterocycles. The molecule has 0 aromatic heterocycles. The van der Waals surface area contributed by atoms with Crippen LogP contribution in [0.5, 0.6) is 0 Å². The summed E-state index contributed by atoms with van der Waals surface area (Å²) in [6.45, 7) is 0.482. The molecule has 1 aromatic carbocycles. The van der Waals surface area contributed by atoms with E-state index >= 15 is 0 Å². The summed E-state index contributed by atoms with van der Waals surface area (Å²) in [5, 5.41) is 4.26. The lowest BCUT2D eigenvalue weighted by Crippen LogP contribution is -2.38. The van der Waals surface area contributed by atoms with Gasteiger partial charge in [-0.2, -0.15) is 0 Å². The Bertz CT molecular complexity index is 409. The molecule has 0 heterocycles. The van der Waals surface area contributed by atoms with Crippen LogP contribution in [0.15, 0.2) is 22.7 Å². The van der Waals surface area contributed by atoms with Crippen LogP contribution in [0.25, 0.3) is 0 Å². The molecule has 1 rings (SSSR count). The van der Waals surface area contributed by atoms with Gasteiger partial charge in [0.25, 0.3) is 5.91 Å². The fourth-order valence-electron chi connectivity index (χ4n) is 1.46. The number of hydrogen-bond donors (Lipinski definition) is 1. The van der Waals surface area contributed by atoms with Crippen LogP contribution in [-0.4, -0.2) is 31.0 Å². The zero-order valence-corrected chi connectivity index (χ0v) is 13.8. The number of ether oxygens (including phenoxy) is 1. The molecule has 18 heavy (non-hydrogen) atoms. The second-order valence-corrected chi connectivity index (χ2v) is 5.81. The molecule has 0 bridgehead atoms. The third-order valence-corrected chi connectivity index (χ3v) is 3.72. The van der Waals surface area contributed by atoms with Gasteiger partial charge in [-0.15, -0.1) is 0 Å². The molecule has 100 valence electrons. The molecule has 0 saturated carbocycles. The van der Waals surface area contributed by atoms with Gasteiger partial charge in [0.05, 0.1) is 18.2 Å². The SMILES string of the molecule is COCC(CCBr)NC(=O)c1cc(Cl)ccc1Br. The predicted molar refractivity (Wildman–Crippen MR) is 80.7 cm³/mol. The zero-order chi connectivity index (χ0) is 13.5. The van der Waals surface area contributed by atoms with Crippen LogP contribution in [0.4, 0.5) is 0 Å². The highest BCUT2D eigenvalue weighted by atomic mass is 79.9. The highest BCUT2D eigenvalue weighted by molar-refractivity contribution is 9.10. The highest BCUT2D eigenvalue weighted by Crippen LogP contribution is 2.21. The molecule has 1 atom stereocenters. The number of hydrogen-bond acceptors (Lipinski definition) is 2. The normalized spacial score (nSPS) is 12.2. The van der Waals surface area contributed by atoms with Crippen LogP contribution in [0.1, 0.15) is 16.8 Å². The average molecular weight is 400 g/mol. The number of nitrogens with one attached hydrogen (secondary N) is 1. The van der Waals surface area contributed by atoms with Gasteiger partial charge in [-0.1, -0.05) is 27.5 Å². The first-order chi connectivity index (χ1) is 8.58. The molecule has 1 amide bonds. The number of halogens is 3. The quantitative estimate of drug-likeness (QED) is 0.742. The van der Waals surface area contributed by atoms with Crippen molar-refractivity contribution in [3.8, 4) is 0 Å². The molecule has 0 aliphatic rings. The van der Waals surface area contributed by atoms with E-state index in [-0.39, 0.29) is 11.9 Å². The molecule has 1 aromatic rings. The van der Waals surface area contributed by atoms with E-state index in [1.165, 1.54) is 0 Å². The average Bonchev–Trinajstić information content (AvgIpc) is 2.33. The summed E-state index contributed by atoms with van der Waals surface area (Å²) in [7, 11) is 1.61. The van der Waals surface area contributed by atoms with Crippen LogP contribution in [-0.2, 0) is 4.74 Å². The summed E-state index contributed by atoms with van der Waals surface area (Å²) in [6.07, 6.45) is 0.803. The third-order valence-electron chi connectivity index (χ3n) is 2.33. The minimum atomic E-state index is -0.160. The van der Waals surface area contributed by atoms with Gasteiger partial charge in [0.15, 0.2) is 0 Å². The van der Waals surface area contributed by atoms with E-state index < -0.39 is 0 Å². The molecule has 6 heteroatoms. The summed E-state index contributed by atoms with van der Waals surface area (Å²) in [6, 6.07) is 5.10. The lowest BCUT2D eigenvalue weighted by Gasteiger charge is -2.17. The number of rotatable bonds is 6. The summed E-state index contributed by atoms with van der Waals surface area (Å²) in [5.41, 5.74) is 0.526. The summed E-state index contributed by atoms with van der Waals surface area (Å²) in [5.74, 6) is -0.160. The zero-order valence-electron chi connectivity index (χ0n) is 9.88. The summed E-state index contributed by atoms with van der Waals surface area (Å²) < 4.78 is 5.80. The standard InChI is InChI=1S/C12H14Br2ClNO2/c1-18-7-9(4-5-13)16-12(17)10-6-8(15)2-3-11(10)14/h2-3,6,9H,4-5,7H2,1H3,(H,16,17). The van der Waals surface area contributed by atoms with Gasteiger partial charge in [-0.3, -0.25) is 4.79 Å². The Kier molecular flexibility index (Phi) is 7.22. The van der Waals surface area contributed by atoms with Gasteiger partial charge in [-0.25, -0.2) is 0 Å².